The van der Waals surface area contributed by atoms with Crippen LogP contribution in [-0.4, -0.2) is 35.3 Å². The van der Waals surface area contributed by atoms with Gasteiger partial charge in [0.05, 0.1) is 12.2 Å². The molecule has 0 bridgehead atoms. The summed E-state index contributed by atoms with van der Waals surface area (Å²) in [5.74, 6) is 1.12. The third-order valence-corrected chi connectivity index (χ3v) is 4.40. The minimum Gasteiger partial charge on any atom is -0.375 e. The fraction of sp³-hybridized carbons (Fsp3) is 0.429. The molecule has 3 rings (SSSR count). The molecule has 0 atom stereocenters. The zero-order chi connectivity index (χ0) is 15.5. The molecule has 1 aliphatic carbocycles. The Hall–Kier alpha value is -2.22. The van der Waals surface area contributed by atoms with E-state index in [4.69, 9.17) is 0 Å². The summed E-state index contributed by atoms with van der Waals surface area (Å²) in [6.07, 6.45) is 4.06. The van der Waals surface area contributed by atoms with Gasteiger partial charge in [0.1, 0.15) is 10.0 Å². The average molecular weight is 318 g/mol. The van der Waals surface area contributed by atoms with Crippen molar-refractivity contribution < 1.29 is 4.79 Å². The predicted molar refractivity (Wildman–Crippen MR) is 86.3 cm³/mol. The lowest BCUT2D eigenvalue weighted by atomic mass is 10.3. The van der Waals surface area contributed by atoms with Crippen molar-refractivity contribution in [3.05, 3.63) is 28.3 Å². The summed E-state index contributed by atoms with van der Waals surface area (Å²) in [7, 11) is 3.81. The van der Waals surface area contributed by atoms with Crippen LogP contribution < -0.4 is 15.5 Å². The zero-order valence-corrected chi connectivity index (χ0v) is 13.4. The van der Waals surface area contributed by atoms with Gasteiger partial charge in [0.15, 0.2) is 5.82 Å². The standard InChI is InChI=1S/C14H18N6OS/c1-20(2)10-4-3-7-15-12(10)17-14(21)16-8-11-18-19-13(22-11)9-5-6-9/h3-4,7,9H,5-6,8H2,1-2H3,(H2,15,16,17,21). The molecule has 0 aliphatic heterocycles. The topological polar surface area (TPSA) is 83.0 Å². The number of nitrogens with one attached hydrogen (secondary N) is 2. The van der Waals surface area contributed by atoms with Crippen LogP contribution in [0, 0.1) is 0 Å². The molecule has 1 fully saturated rings. The van der Waals surface area contributed by atoms with Crippen molar-refractivity contribution in [2.24, 2.45) is 0 Å². The fourth-order valence-corrected chi connectivity index (χ4v) is 2.95. The largest absolute Gasteiger partial charge is 0.375 e. The summed E-state index contributed by atoms with van der Waals surface area (Å²) in [5.41, 5.74) is 0.851. The molecular formula is C14H18N6OS. The summed E-state index contributed by atoms with van der Waals surface area (Å²) in [6.45, 7) is 0.375. The second-order valence-corrected chi connectivity index (χ2v) is 6.48. The number of aromatic nitrogens is 3. The van der Waals surface area contributed by atoms with E-state index in [0.29, 0.717) is 18.3 Å². The summed E-state index contributed by atoms with van der Waals surface area (Å²) in [4.78, 5) is 18.1. The highest BCUT2D eigenvalue weighted by atomic mass is 32.1. The van der Waals surface area contributed by atoms with Crippen LogP contribution in [-0.2, 0) is 6.54 Å². The van der Waals surface area contributed by atoms with Crippen molar-refractivity contribution in [1.29, 1.82) is 0 Å². The molecule has 1 aliphatic rings. The molecule has 0 saturated heterocycles. The molecular weight excluding hydrogens is 300 g/mol. The number of hydrogen-bond acceptors (Lipinski definition) is 6. The van der Waals surface area contributed by atoms with Crippen LogP contribution in [0.2, 0.25) is 0 Å². The van der Waals surface area contributed by atoms with Crippen molar-refractivity contribution in [3.8, 4) is 0 Å². The van der Waals surface area contributed by atoms with E-state index < -0.39 is 0 Å². The van der Waals surface area contributed by atoms with E-state index in [2.05, 4.69) is 25.8 Å². The van der Waals surface area contributed by atoms with Crippen LogP contribution in [0.3, 0.4) is 0 Å². The van der Waals surface area contributed by atoms with Crippen molar-refractivity contribution in [2.45, 2.75) is 25.3 Å². The van der Waals surface area contributed by atoms with Crippen LogP contribution >= 0.6 is 11.3 Å². The summed E-state index contributed by atoms with van der Waals surface area (Å²) >= 11 is 1.57. The minimum absolute atomic E-state index is 0.301. The number of nitrogens with zero attached hydrogens (tertiary/aromatic N) is 4. The van der Waals surface area contributed by atoms with Gasteiger partial charge in [-0.1, -0.05) is 11.3 Å². The van der Waals surface area contributed by atoms with Gasteiger partial charge in [-0.2, -0.15) is 0 Å². The molecule has 2 amide bonds. The van der Waals surface area contributed by atoms with E-state index in [0.717, 1.165) is 15.7 Å². The molecule has 2 heterocycles. The molecule has 0 spiro atoms. The molecule has 8 heteroatoms. The molecule has 0 aromatic carbocycles. The molecule has 2 aromatic heterocycles. The maximum Gasteiger partial charge on any atom is 0.320 e. The van der Waals surface area contributed by atoms with E-state index in [-0.39, 0.29) is 6.03 Å². The van der Waals surface area contributed by atoms with Gasteiger partial charge >= 0.3 is 6.03 Å². The normalized spacial score (nSPS) is 13.7. The first-order valence-corrected chi connectivity index (χ1v) is 7.94. The Morgan fingerprint density at radius 1 is 1.41 bits per heavy atom. The predicted octanol–water partition coefficient (Wildman–Crippen LogP) is 2.20. The Bertz CT molecular complexity index is 667. The third-order valence-electron chi connectivity index (χ3n) is 3.31. The van der Waals surface area contributed by atoms with E-state index in [1.54, 1.807) is 17.5 Å². The van der Waals surface area contributed by atoms with Crippen LogP contribution in [0.1, 0.15) is 28.8 Å². The van der Waals surface area contributed by atoms with E-state index in [9.17, 15) is 4.79 Å². The van der Waals surface area contributed by atoms with Gasteiger partial charge < -0.3 is 10.2 Å². The molecule has 22 heavy (non-hydrogen) atoms. The number of amides is 2. The van der Waals surface area contributed by atoms with Gasteiger partial charge in [-0.25, -0.2) is 9.78 Å². The van der Waals surface area contributed by atoms with Gasteiger partial charge in [-0.3, -0.25) is 5.32 Å². The van der Waals surface area contributed by atoms with E-state index >= 15 is 0 Å². The Kier molecular flexibility index (Phi) is 4.19. The number of rotatable bonds is 5. The summed E-state index contributed by atoms with van der Waals surface area (Å²) in [5, 5.41) is 15.7. The SMILES string of the molecule is CN(C)c1cccnc1NC(=O)NCc1nnc(C2CC2)s1. The summed E-state index contributed by atoms with van der Waals surface area (Å²) in [6, 6.07) is 3.43. The van der Waals surface area contributed by atoms with Crippen LogP contribution in [0.5, 0.6) is 0 Å². The first-order valence-electron chi connectivity index (χ1n) is 7.13. The van der Waals surface area contributed by atoms with Crippen LogP contribution in [0.15, 0.2) is 18.3 Å². The maximum absolute atomic E-state index is 12.0. The highest BCUT2D eigenvalue weighted by Crippen LogP contribution is 2.41. The van der Waals surface area contributed by atoms with Crippen molar-refractivity contribution >= 4 is 28.9 Å². The molecule has 1 saturated carbocycles. The first-order chi connectivity index (χ1) is 10.6. The Morgan fingerprint density at radius 3 is 2.95 bits per heavy atom. The number of carbonyl (C=O) groups is 1. The first kappa shape index (κ1) is 14.7. The maximum atomic E-state index is 12.0. The quantitative estimate of drug-likeness (QED) is 0.883. The lowest BCUT2D eigenvalue weighted by Crippen LogP contribution is -2.29. The smallest absolute Gasteiger partial charge is 0.320 e. The van der Waals surface area contributed by atoms with Crippen molar-refractivity contribution in [3.63, 3.8) is 0 Å². The average Bonchev–Trinajstić information content (AvgIpc) is 3.24. The van der Waals surface area contributed by atoms with Crippen LogP contribution in [0.25, 0.3) is 0 Å². The van der Waals surface area contributed by atoms with Gasteiger partial charge in [0.2, 0.25) is 0 Å². The zero-order valence-electron chi connectivity index (χ0n) is 12.5. The number of carbonyl (C=O) groups excluding carboxylic acids is 1. The van der Waals surface area contributed by atoms with Crippen molar-refractivity contribution in [1.82, 2.24) is 20.5 Å². The van der Waals surface area contributed by atoms with Crippen molar-refractivity contribution in [2.75, 3.05) is 24.3 Å². The second kappa shape index (κ2) is 6.27. The Morgan fingerprint density at radius 2 is 2.23 bits per heavy atom. The van der Waals surface area contributed by atoms with Gasteiger partial charge in [-0.05, 0) is 25.0 Å². The fourth-order valence-electron chi connectivity index (χ4n) is 1.99. The number of pyridine rings is 1. The van der Waals surface area contributed by atoms with Crippen LogP contribution in [0.4, 0.5) is 16.3 Å². The summed E-state index contributed by atoms with van der Waals surface area (Å²) < 4.78 is 0. The van der Waals surface area contributed by atoms with Gasteiger partial charge in [-0.15, -0.1) is 10.2 Å². The van der Waals surface area contributed by atoms with Gasteiger partial charge in [0.25, 0.3) is 0 Å². The monoisotopic (exact) mass is 318 g/mol. The Balaban J connectivity index is 1.55. The van der Waals surface area contributed by atoms with E-state index in [1.807, 2.05) is 31.1 Å². The Labute approximate surface area is 132 Å². The minimum atomic E-state index is -0.301. The molecule has 0 radical (unpaired) electrons. The highest BCUT2D eigenvalue weighted by molar-refractivity contribution is 7.11. The lowest BCUT2D eigenvalue weighted by molar-refractivity contribution is 0.251. The molecule has 2 N–H and O–H groups in total. The molecule has 7 nitrogen and oxygen atoms in total. The highest BCUT2D eigenvalue weighted by Gasteiger charge is 2.27. The third kappa shape index (κ3) is 3.51. The number of anilines is 2. The van der Waals surface area contributed by atoms with Gasteiger partial charge in [0, 0.05) is 26.2 Å². The lowest BCUT2D eigenvalue weighted by Gasteiger charge is -2.16. The number of hydrogen-bond donors (Lipinski definition) is 2. The number of urea groups is 1. The molecule has 2 aromatic rings. The van der Waals surface area contributed by atoms with E-state index in [1.165, 1.54) is 12.8 Å². The second-order valence-electron chi connectivity index (χ2n) is 5.38. The molecule has 116 valence electrons. The molecule has 0 unspecified atom stereocenters.